The Morgan fingerprint density at radius 2 is 1.18 bits per heavy atom. The molecule has 3 aliphatic rings. The van der Waals surface area contributed by atoms with Crippen molar-refractivity contribution < 1.29 is 38.2 Å². The van der Waals surface area contributed by atoms with Crippen LogP contribution in [0.3, 0.4) is 0 Å². The molecular formula is C55H82N8O8. The number of likely N-dealkylation sites (N-methyl/N-ethyl adjacent to an activating group) is 2. The summed E-state index contributed by atoms with van der Waals surface area (Å²) < 4.78 is 12.4. The lowest BCUT2D eigenvalue weighted by Gasteiger charge is -2.45. The zero-order valence-electron chi connectivity index (χ0n) is 44.0. The molecule has 0 heterocycles. The number of aryl methyl sites for hydroxylation is 1. The minimum Gasteiger partial charge on any atom is -0.374 e. The van der Waals surface area contributed by atoms with Crippen LogP contribution < -0.4 is 42.5 Å². The van der Waals surface area contributed by atoms with Crippen LogP contribution in [0.25, 0.3) is 0 Å². The third-order valence-corrected chi connectivity index (χ3v) is 14.2. The van der Waals surface area contributed by atoms with E-state index in [4.69, 9.17) is 9.47 Å². The number of rotatable bonds is 22. The molecule has 2 unspecified atom stereocenters. The fraction of sp³-hybridized carbons (Fsp3) is 0.600. The van der Waals surface area contributed by atoms with E-state index in [1.165, 1.54) is 5.56 Å². The van der Waals surface area contributed by atoms with Crippen LogP contribution >= 0.6 is 0 Å². The number of amides is 6. The van der Waals surface area contributed by atoms with Gasteiger partial charge in [0.25, 0.3) is 0 Å². The normalized spacial score (nSPS) is 22.2. The first-order chi connectivity index (χ1) is 33.5. The van der Waals surface area contributed by atoms with Gasteiger partial charge >= 0.3 is 0 Å². The number of carbonyl (C=O) groups excluding carboxylic acids is 6. The second-order valence-electron chi connectivity index (χ2n) is 22.0. The van der Waals surface area contributed by atoms with Gasteiger partial charge in [-0.2, -0.15) is 0 Å². The van der Waals surface area contributed by atoms with Crippen molar-refractivity contribution in [2.75, 3.05) is 27.3 Å². The largest absolute Gasteiger partial charge is 0.374 e. The van der Waals surface area contributed by atoms with Gasteiger partial charge in [0.15, 0.2) is 0 Å². The Morgan fingerprint density at radius 3 is 1.72 bits per heavy atom. The van der Waals surface area contributed by atoms with Crippen LogP contribution in [-0.2, 0) is 57.9 Å². The molecule has 8 N–H and O–H groups in total. The third kappa shape index (κ3) is 15.8. The van der Waals surface area contributed by atoms with Crippen molar-refractivity contribution in [1.82, 2.24) is 42.5 Å². The summed E-state index contributed by atoms with van der Waals surface area (Å²) in [7, 11) is 3.33. The Kier molecular flexibility index (Phi) is 20.1. The molecule has 3 aliphatic carbocycles. The van der Waals surface area contributed by atoms with E-state index in [1.54, 1.807) is 27.9 Å². The Morgan fingerprint density at radius 1 is 0.648 bits per heavy atom. The van der Waals surface area contributed by atoms with Crippen LogP contribution in [0.2, 0.25) is 0 Å². The van der Waals surface area contributed by atoms with Gasteiger partial charge in [-0.25, -0.2) is 0 Å². The zero-order chi connectivity index (χ0) is 52.1. The molecule has 6 amide bonds. The Bertz CT molecular complexity index is 2230. The number of fused-ring (bicyclic) bond motifs is 2. The second-order valence-corrected chi connectivity index (χ2v) is 22.0. The topological polar surface area (TPSA) is 217 Å². The molecule has 0 aliphatic heterocycles. The predicted octanol–water partition coefficient (Wildman–Crippen LogP) is 4.58. The van der Waals surface area contributed by atoms with E-state index in [1.807, 2.05) is 90.1 Å². The first kappa shape index (κ1) is 56.5. The Hall–Kier alpha value is -5.42. The molecule has 0 saturated heterocycles. The van der Waals surface area contributed by atoms with E-state index in [2.05, 4.69) is 73.8 Å². The third-order valence-electron chi connectivity index (χ3n) is 14.2. The highest BCUT2D eigenvalue weighted by Crippen LogP contribution is 2.45. The van der Waals surface area contributed by atoms with Crippen LogP contribution in [-0.4, -0.2) is 105 Å². The Labute approximate surface area is 421 Å². The van der Waals surface area contributed by atoms with Gasteiger partial charge in [0.2, 0.25) is 35.4 Å². The van der Waals surface area contributed by atoms with Gasteiger partial charge in [0.1, 0.15) is 24.2 Å². The minimum absolute atomic E-state index is 0.0905. The SMILES string of the molecule is CN[C@@H](C)C(=O)N[C@H](C(=O)N[C@@H](COCc1cccc(COC[C@H](NC(=O)[C@@H](NC(=O)[C@H](C)NC)C(C)(C)C)C(=O)N[C@@H]2CCCC3(C)C=CC=CC23)c1)C(=O)N[C@@H]1CCCc2ccccc21)C(C)(C)C. The highest BCUT2D eigenvalue weighted by Gasteiger charge is 2.42. The van der Waals surface area contributed by atoms with E-state index >= 15 is 0 Å². The van der Waals surface area contributed by atoms with Gasteiger partial charge in [-0.1, -0.05) is 128 Å². The molecule has 0 bridgehead atoms. The molecule has 16 nitrogen and oxygen atoms in total. The lowest BCUT2D eigenvalue weighted by molar-refractivity contribution is -0.136. The van der Waals surface area contributed by atoms with Crippen molar-refractivity contribution in [3.8, 4) is 0 Å². The summed E-state index contributed by atoms with van der Waals surface area (Å²) in [6, 6.07) is 10.0. The molecule has 10 atom stereocenters. The van der Waals surface area contributed by atoms with Crippen LogP contribution in [0, 0.1) is 22.2 Å². The van der Waals surface area contributed by atoms with Gasteiger partial charge < -0.3 is 52.0 Å². The number of hydrogen-bond donors (Lipinski definition) is 8. The van der Waals surface area contributed by atoms with Gasteiger partial charge in [0, 0.05) is 12.0 Å². The minimum atomic E-state index is -1.09. The standard InChI is InChI=1S/C55H82N8O8/c1-34(56-10)47(64)62-45(53(3,4)5)51(68)60-43(49(66)58-41-25-17-22-38-21-12-13-23-39(38)41)32-70-30-36-19-16-20-37(29-36)31-71-33-44(61-52(69)46(54(6,7)8)63-48(65)35(2)57-11)50(67)59-42-26-18-28-55(9)27-15-14-24-40(42)55/h12-16,19-21,23-24,27,29,34-35,40-46,56-57H,17-18,22,25-26,28,30-33H2,1-11H3,(H,58,66)(H,59,67)(H,60,68)(H,61,69)(H,62,64)(H,63,65)/t34-,35-,40?,41+,42+,43-,44-,45+,46+,55?/m0/s1. The number of carbonyl (C=O) groups is 6. The van der Waals surface area contributed by atoms with Gasteiger partial charge in [0.05, 0.1) is 44.6 Å². The number of ether oxygens (including phenoxy) is 2. The summed E-state index contributed by atoms with van der Waals surface area (Å²) >= 11 is 0. The van der Waals surface area contributed by atoms with Crippen LogP contribution in [0.1, 0.15) is 123 Å². The fourth-order valence-corrected chi connectivity index (χ4v) is 9.56. The smallest absolute Gasteiger partial charge is 0.245 e. The van der Waals surface area contributed by atoms with Crippen molar-refractivity contribution in [1.29, 1.82) is 0 Å². The molecule has 390 valence electrons. The van der Waals surface area contributed by atoms with E-state index in [0.717, 1.165) is 55.2 Å². The first-order valence-corrected chi connectivity index (χ1v) is 25.4. The molecular weight excluding hydrogens is 901 g/mol. The summed E-state index contributed by atoms with van der Waals surface area (Å²) in [5.41, 5.74) is 2.32. The van der Waals surface area contributed by atoms with Crippen molar-refractivity contribution in [3.05, 3.63) is 95.1 Å². The van der Waals surface area contributed by atoms with Crippen molar-refractivity contribution in [3.63, 3.8) is 0 Å². The van der Waals surface area contributed by atoms with Crippen LogP contribution in [0.4, 0.5) is 0 Å². The summed E-state index contributed by atoms with van der Waals surface area (Å²) in [4.78, 5) is 82.5. The lowest BCUT2D eigenvalue weighted by atomic mass is 9.63. The molecule has 0 radical (unpaired) electrons. The summed E-state index contributed by atoms with van der Waals surface area (Å²) in [6.45, 7) is 16.6. The molecule has 0 spiro atoms. The molecule has 5 rings (SSSR count). The number of allylic oxidation sites excluding steroid dienone is 3. The first-order valence-electron chi connectivity index (χ1n) is 25.4. The maximum Gasteiger partial charge on any atom is 0.245 e. The number of nitrogens with one attached hydrogen (secondary N) is 8. The van der Waals surface area contributed by atoms with E-state index in [0.29, 0.717) is 0 Å². The van der Waals surface area contributed by atoms with Crippen LogP contribution in [0.5, 0.6) is 0 Å². The van der Waals surface area contributed by atoms with E-state index in [9.17, 15) is 28.8 Å². The van der Waals surface area contributed by atoms with Crippen molar-refractivity contribution in [2.45, 2.75) is 162 Å². The predicted molar refractivity (Wildman–Crippen MR) is 275 cm³/mol. The quantitative estimate of drug-likeness (QED) is 0.0822. The van der Waals surface area contributed by atoms with Crippen molar-refractivity contribution >= 4 is 35.4 Å². The highest BCUT2D eigenvalue weighted by atomic mass is 16.5. The molecule has 0 aromatic heterocycles. The average molecular weight is 983 g/mol. The van der Waals surface area contributed by atoms with Crippen molar-refractivity contribution in [2.24, 2.45) is 22.2 Å². The fourth-order valence-electron chi connectivity index (χ4n) is 9.56. The highest BCUT2D eigenvalue weighted by molar-refractivity contribution is 5.94. The lowest BCUT2D eigenvalue weighted by Crippen LogP contribution is -2.61. The molecule has 71 heavy (non-hydrogen) atoms. The maximum absolute atomic E-state index is 14.3. The zero-order valence-corrected chi connectivity index (χ0v) is 44.0. The maximum atomic E-state index is 14.3. The Balaban J connectivity index is 1.29. The summed E-state index contributed by atoms with van der Waals surface area (Å²) in [5.74, 6) is -2.38. The molecule has 16 heteroatoms. The second kappa shape index (κ2) is 25.3. The number of hydrogen-bond acceptors (Lipinski definition) is 10. The van der Waals surface area contributed by atoms with Crippen LogP contribution in [0.15, 0.2) is 72.8 Å². The molecule has 1 fully saturated rings. The monoisotopic (exact) mass is 983 g/mol. The van der Waals surface area contributed by atoms with E-state index in [-0.39, 0.29) is 67.6 Å². The molecule has 2 aromatic rings. The number of benzene rings is 2. The van der Waals surface area contributed by atoms with Gasteiger partial charge in [-0.15, -0.1) is 0 Å². The average Bonchev–Trinajstić information content (AvgIpc) is 3.32. The summed E-state index contributed by atoms with van der Waals surface area (Å²) in [5, 5.41) is 23.8. The van der Waals surface area contributed by atoms with E-state index < -0.39 is 64.8 Å². The summed E-state index contributed by atoms with van der Waals surface area (Å²) in [6.07, 6.45) is 13.8. The van der Waals surface area contributed by atoms with Gasteiger partial charge in [-0.3, -0.25) is 28.8 Å². The molecule has 1 saturated carbocycles. The van der Waals surface area contributed by atoms with Gasteiger partial charge in [-0.05, 0) is 98.5 Å². The molecule has 2 aromatic carbocycles.